The number of anilines is 1. The van der Waals surface area contributed by atoms with Crippen LogP contribution in [0.2, 0.25) is 0 Å². The van der Waals surface area contributed by atoms with Gasteiger partial charge in [-0.2, -0.15) is 0 Å². The van der Waals surface area contributed by atoms with Crippen LogP contribution in [0, 0.1) is 5.41 Å². The molecular weight excluding hydrogens is 344 g/mol. The Labute approximate surface area is 120 Å². The van der Waals surface area contributed by atoms with Crippen molar-refractivity contribution in [1.29, 1.82) is 0 Å². The summed E-state index contributed by atoms with van der Waals surface area (Å²) < 4.78 is 2.09. The number of pyridine rings is 1. The van der Waals surface area contributed by atoms with Crippen LogP contribution in [0.4, 0.5) is 5.82 Å². The Kier molecular flexibility index (Phi) is 4.14. The van der Waals surface area contributed by atoms with Gasteiger partial charge in [-0.05, 0) is 56.2 Å². The van der Waals surface area contributed by atoms with E-state index in [0.717, 1.165) is 27.9 Å². The Morgan fingerprint density at radius 2 is 2.00 bits per heavy atom. The second-order valence-corrected chi connectivity index (χ2v) is 6.88. The maximum absolute atomic E-state index is 4.51. The van der Waals surface area contributed by atoms with E-state index in [1.807, 2.05) is 6.20 Å². The number of nitrogens with zero attached hydrogens (tertiary/aromatic N) is 2. The number of hydrogen-bond donors (Lipinski definition) is 0. The molecule has 0 spiro atoms. The summed E-state index contributed by atoms with van der Waals surface area (Å²) in [5.41, 5.74) is 0.526. The van der Waals surface area contributed by atoms with Crippen molar-refractivity contribution in [3.05, 3.63) is 21.2 Å². The highest BCUT2D eigenvalue weighted by atomic mass is 79.9. The molecule has 2 heterocycles. The predicted octanol–water partition coefficient (Wildman–Crippen LogP) is 4.62. The number of piperidine rings is 1. The Hall–Kier alpha value is -0.0900. The molecular formula is C13H18Br2N2. The Bertz CT molecular complexity index is 398. The summed E-state index contributed by atoms with van der Waals surface area (Å²) in [4.78, 5) is 6.89. The second-order valence-electron chi connectivity index (χ2n) is 5.11. The third-order valence-electron chi connectivity index (χ3n) is 3.91. The van der Waals surface area contributed by atoms with E-state index in [9.17, 15) is 0 Å². The molecule has 0 aliphatic carbocycles. The lowest BCUT2D eigenvalue weighted by atomic mass is 9.78. The quantitative estimate of drug-likeness (QED) is 0.763. The molecule has 94 valence electrons. The molecule has 1 saturated heterocycles. The van der Waals surface area contributed by atoms with E-state index in [4.69, 9.17) is 0 Å². The van der Waals surface area contributed by atoms with E-state index in [1.54, 1.807) is 0 Å². The molecule has 2 nitrogen and oxygen atoms in total. The molecule has 0 amide bonds. The van der Waals surface area contributed by atoms with Gasteiger partial charge in [0.15, 0.2) is 0 Å². The second kappa shape index (κ2) is 5.27. The molecule has 1 aromatic rings. The first-order valence-corrected chi connectivity index (χ1v) is 7.69. The highest BCUT2D eigenvalue weighted by molar-refractivity contribution is 9.11. The van der Waals surface area contributed by atoms with Crippen molar-refractivity contribution in [2.45, 2.75) is 33.1 Å². The topological polar surface area (TPSA) is 16.1 Å². The molecule has 1 aromatic heterocycles. The summed E-state index contributed by atoms with van der Waals surface area (Å²) in [6.07, 6.45) is 5.66. The number of rotatable bonds is 2. The summed E-state index contributed by atoms with van der Waals surface area (Å²) in [5, 5.41) is 0. The van der Waals surface area contributed by atoms with Crippen LogP contribution < -0.4 is 4.90 Å². The molecule has 0 aromatic carbocycles. The Morgan fingerprint density at radius 1 is 1.35 bits per heavy atom. The van der Waals surface area contributed by atoms with Crippen molar-refractivity contribution in [2.75, 3.05) is 18.0 Å². The zero-order valence-corrected chi connectivity index (χ0v) is 13.5. The first-order valence-electron chi connectivity index (χ1n) is 6.10. The van der Waals surface area contributed by atoms with Gasteiger partial charge < -0.3 is 4.90 Å². The number of aromatic nitrogens is 1. The summed E-state index contributed by atoms with van der Waals surface area (Å²) >= 11 is 7.03. The molecule has 1 fully saturated rings. The van der Waals surface area contributed by atoms with Crippen LogP contribution in [0.15, 0.2) is 21.2 Å². The average molecular weight is 362 g/mol. The molecule has 0 N–H and O–H groups in total. The molecule has 0 saturated carbocycles. The third kappa shape index (κ3) is 3.02. The first-order chi connectivity index (χ1) is 8.04. The molecule has 0 unspecified atom stereocenters. The van der Waals surface area contributed by atoms with Crippen LogP contribution in [0.3, 0.4) is 0 Å². The molecule has 0 bridgehead atoms. The van der Waals surface area contributed by atoms with Crippen molar-refractivity contribution < 1.29 is 0 Å². The zero-order chi connectivity index (χ0) is 12.5. The number of halogens is 2. The van der Waals surface area contributed by atoms with Gasteiger partial charge in [0, 0.05) is 23.8 Å². The van der Waals surface area contributed by atoms with Crippen LogP contribution in [0.5, 0.6) is 0 Å². The summed E-state index contributed by atoms with van der Waals surface area (Å²) in [6, 6.07) is 2.07. The average Bonchev–Trinajstić information content (AvgIpc) is 2.31. The summed E-state index contributed by atoms with van der Waals surface area (Å²) in [7, 11) is 0. The van der Waals surface area contributed by atoms with E-state index >= 15 is 0 Å². The maximum Gasteiger partial charge on any atom is 0.142 e. The van der Waals surface area contributed by atoms with Crippen LogP contribution in [0.1, 0.15) is 33.1 Å². The summed E-state index contributed by atoms with van der Waals surface area (Å²) in [6.45, 7) is 6.91. The summed E-state index contributed by atoms with van der Waals surface area (Å²) in [5.74, 6) is 1.08. The van der Waals surface area contributed by atoms with Crippen molar-refractivity contribution >= 4 is 37.7 Å². The van der Waals surface area contributed by atoms with Crippen LogP contribution in [0.25, 0.3) is 0 Å². The van der Waals surface area contributed by atoms with Gasteiger partial charge >= 0.3 is 0 Å². The minimum Gasteiger partial charge on any atom is -0.356 e. The highest BCUT2D eigenvalue weighted by Gasteiger charge is 2.29. The van der Waals surface area contributed by atoms with Crippen LogP contribution >= 0.6 is 31.9 Å². The fraction of sp³-hybridized carbons (Fsp3) is 0.615. The van der Waals surface area contributed by atoms with E-state index in [0.29, 0.717) is 5.41 Å². The fourth-order valence-corrected chi connectivity index (χ4v) is 3.49. The van der Waals surface area contributed by atoms with Gasteiger partial charge in [-0.1, -0.05) is 20.3 Å². The molecule has 4 heteroatoms. The molecule has 17 heavy (non-hydrogen) atoms. The monoisotopic (exact) mass is 360 g/mol. The standard InChI is InChI=1S/C13H18Br2N2/c1-3-13(2)4-6-17(7-5-13)12-11(15)8-10(14)9-16-12/h8-9H,3-7H2,1-2H3. The Balaban J connectivity index is 2.10. The van der Waals surface area contributed by atoms with Crippen molar-refractivity contribution in [3.63, 3.8) is 0 Å². The SMILES string of the molecule is CCC1(C)CCN(c2ncc(Br)cc2Br)CC1. The van der Waals surface area contributed by atoms with Gasteiger partial charge in [-0.25, -0.2) is 4.98 Å². The largest absolute Gasteiger partial charge is 0.356 e. The minimum atomic E-state index is 0.526. The van der Waals surface area contributed by atoms with Gasteiger partial charge in [-0.15, -0.1) is 0 Å². The van der Waals surface area contributed by atoms with Gasteiger partial charge in [0.25, 0.3) is 0 Å². The first kappa shape index (κ1) is 13.3. The predicted molar refractivity (Wildman–Crippen MR) is 79.5 cm³/mol. The van der Waals surface area contributed by atoms with E-state index in [-0.39, 0.29) is 0 Å². The molecule has 2 rings (SSSR count). The molecule has 1 aliphatic heterocycles. The van der Waals surface area contributed by atoms with Gasteiger partial charge in [-0.3, -0.25) is 0 Å². The van der Waals surface area contributed by atoms with E-state index in [2.05, 4.69) is 61.7 Å². The zero-order valence-electron chi connectivity index (χ0n) is 10.3. The fourth-order valence-electron chi connectivity index (χ4n) is 2.25. The smallest absolute Gasteiger partial charge is 0.142 e. The Morgan fingerprint density at radius 3 is 2.53 bits per heavy atom. The minimum absolute atomic E-state index is 0.526. The van der Waals surface area contributed by atoms with Crippen LogP contribution in [-0.2, 0) is 0 Å². The third-order valence-corrected chi connectivity index (χ3v) is 4.93. The van der Waals surface area contributed by atoms with Crippen molar-refractivity contribution in [3.8, 4) is 0 Å². The number of hydrogen-bond acceptors (Lipinski definition) is 2. The van der Waals surface area contributed by atoms with Gasteiger partial charge in [0.2, 0.25) is 0 Å². The lowest BCUT2D eigenvalue weighted by molar-refractivity contribution is 0.237. The van der Waals surface area contributed by atoms with E-state index in [1.165, 1.54) is 19.3 Å². The molecule has 0 atom stereocenters. The lowest BCUT2D eigenvalue weighted by Crippen LogP contribution is -2.39. The van der Waals surface area contributed by atoms with Crippen LogP contribution in [-0.4, -0.2) is 18.1 Å². The molecule has 0 radical (unpaired) electrons. The van der Waals surface area contributed by atoms with E-state index < -0.39 is 0 Å². The molecule has 1 aliphatic rings. The normalized spacial score (nSPS) is 19.4. The van der Waals surface area contributed by atoms with Gasteiger partial charge in [0.1, 0.15) is 5.82 Å². The van der Waals surface area contributed by atoms with Crippen molar-refractivity contribution in [1.82, 2.24) is 4.98 Å². The van der Waals surface area contributed by atoms with Crippen molar-refractivity contribution in [2.24, 2.45) is 5.41 Å². The van der Waals surface area contributed by atoms with Gasteiger partial charge in [0.05, 0.1) is 4.47 Å². The maximum atomic E-state index is 4.51. The highest BCUT2D eigenvalue weighted by Crippen LogP contribution is 2.37. The lowest BCUT2D eigenvalue weighted by Gasteiger charge is -2.39.